The van der Waals surface area contributed by atoms with E-state index in [-0.39, 0.29) is 5.78 Å². The van der Waals surface area contributed by atoms with E-state index in [9.17, 15) is 10.1 Å². The molecular weight excluding hydrogens is 294 g/mol. The van der Waals surface area contributed by atoms with Gasteiger partial charge in [0.2, 0.25) is 0 Å². The van der Waals surface area contributed by atoms with Gasteiger partial charge in [-0.2, -0.15) is 5.26 Å². The van der Waals surface area contributed by atoms with E-state index in [0.29, 0.717) is 18.6 Å². The lowest BCUT2D eigenvalue weighted by atomic mass is 9.74. The summed E-state index contributed by atoms with van der Waals surface area (Å²) in [4.78, 5) is 11.3. The highest BCUT2D eigenvalue weighted by Gasteiger charge is 2.35. The van der Waals surface area contributed by atoms with Crippen LogP contribution < -0.4 is 4.74 Å². The Hall–Kier alpha value is -1.60. The van der Waals surface area contributed by atoms with E-state index < -0.39 is 5.41 Å². The lowest BCUT2D eigenvalue weighted by Crippen LogP contribution is -2.26. The average molecular weight is 306 g/mol. The normalized spacial score (nSPS) is 22.6. The maximum Gasteiger partial charge on any atom is 0.155 e. The second-order valence-corrected chi connectivity index (χ2v) is 5.14. The van der Waals surface area contributed by atoms with Crippen molar-refractivity contribution in [2.45, 2.75) is 18.3 Å². The van der Waals surface area contributed by atoms with Crippen LogP contribution in [-0.2, 0) is 10.2 Å². The summed E-state index contributed by atoms with van der Waals surface area (Å²) < 4.78 is 6.20. The lowest BCUT2D eigenvalue weighted by Gasteiger charge is -2.27. The number of carbonyl (C=O) groups is 1. The number of rotatable bonds is 2. The molecule has 0 saturated heterocycles. The van der Waals surface area contributed by atoms with Crippen molar-refractivity contribution in [1.29, 1.82) is 5.26 Å². The molecule has 0 amide bonds. The fourth-order valence-electron chi connectivity index (χ4n) is 2.13. The molecule has 0 saturated carbocycles. The minimum Gasteiger partial charge on any atom is -0.496 e. The maximum absolute atomic E-state index is 11.3. The minimum absolute atomic E-state index is 0.0647. The molecular formula is C14H12BrNO2. The van der Waals surface area contributed by atoms with Crippen molar-refractivity contribution >= 4 is 21.7 Å². The fraction of sp³-hybridized carbons (Fsp3) is 0.286. The van der Waals surface area contributed by atoms with Gasteiger partial charge in [-0.3, -0.25) is 4.79 Å². The largest absolute Gasteiger partial charge is 0.496 e. The molecule has 4 heteroatoms. The van der Waals surface area contributed by atoms with Crippen molar-refractivity contribution in [2.24, 2.45) is 0 Å². The highest BCUT2D eigenvalue weighted by Crippen LogP contribution is 2.40. The molecule has 1 aromatic carbocycles. The highest BCUT2D eigenvalue weighted by atomic mass is 79.9. The van der Waals surface area contributed by atoms with Crippen LogP contribution in [0.3, 0.4) is 0 Å². The third kappa shape index (κ3) is 2.19. The van der Waals surface area contributed by atoms with Gasteiger partial charge in [0.05, 0.1) is 13.2 Å². The lowest BCUT2D eigenvalue weighted by molar-refractivity contribution is -0.115. The predicted octanol–water partition coefficient (Wildman–Crippen LogP) is 3.14. The van der Waals surface area contributed by atoms with Crippen LogP contribution in [0.2, 0.25) is 0 Å². The fourth-order valence-corrected chi connectivity index (χ4v) is 2.49. The van der Waals surface area contributed by atoms with Crippen LogP contribution >= 0.6 is 15.9 Å². The summed E-state index contributed by atoms with van der Waals surface area (Å²) >= 11 is 3.40. The van der Waals surface area contributed by atoms with Crippen molar-refractivity contribution in [3.05, 3.63) is 40.4 Å². The van der Waals surface area contributed by atoms with Gasteiger partial charge in [-0.15, -0.1) is 0 Å². The van der Waals surface area contributed by atoms with Crippen molar-refractivity contribution in [2.75, 3.05) is 7.11 Å². The first-order valence-electron chi connectivity index (χ1n) is 5.58. The van der Waals surface area contributed by atoms with E-state index >= 15 is 0 Å². The summed E-state index contributed by atoms with van der Waals surface area (Å²) in [5.74, 6) is 0.730. The molecule has 18 heavy (non-hydrogen) atoms. The molecule has 1 aromatic rings. The van der Waals surface area contributed by atoms with Gasteiger partial charge >= 0.3 is 0 Å². The van der Waals surface area contributed by atoms with E-state index in [0.717, 1.165) is 10.0 Å². The van der Waals surface area contributed by atoms with Crippen LogP contribution in [-0.4, -0.2) is 12.9 Å². The number of benzene rings is 1. The third-order valence-corrected chi connectivity index (χ3v) is 3.65. The first-order chi connectivity index (χ1) is 8.61. The second-order valence-electron chi connectivity index (χ2n) is 4.23. The molecule has 0 fully saturated rings. The summed E-state index contributed by atoms with van der Waals surface area (Å²) in [5.41, 5.74) is 0.0221. The summed E-state index contributed by atoms with van der Waals surface area (Å²) in [6.45, 7) is 0. The van der Waals surface area contributed by atoms with E-state index in [2.05, 4.69) is 22.0 Å². The average Bonchev–Trinajstić information content (AvgIpc) is 2.40. The summed E-state index contributed by atoms with van der Waals surface area (Å²) in [7, 11) is 1.58. The Balaban J connectivity index is 2.58. The summed E-state index contributed by atoms with van der Waals surface area (Å²) in [6.07, 6.45) is 4.06. The number of hydrogen-bond acceptors (Lipinski definition) is 3. The quantitative estimate of drug-likeness (QED) is 0.843. The third-order valence-electron chi connectivity index (χ3n) is 3.16. The number of nitriles is 1. The van der Waals surface area contributed by atoms with Gasteiger partial charge in [0.25, 0.3) is 0 Å². The molecule has 2 rings (SSSR count). The van der Waals surface area contributed by atoms with Gasteiger partial charge in [0.15, 0.2) is 5.78 Å². The SMILES string of the molecule is COc1ccc(Br)cc1C1(C#N)C=CC(=O)CC1. The Kier molecular flexibility index (Phi) is 3.53. The van der Waals surface area contributed by atoms with Crippen LogP contribution in [0.25, 0.3) is 0 Å². The second kappa shape index (κ2) is 4.95. The number of ketones is 1. The van der Waals surface area contributed by atoms with Crippen molar-refractivity contribution in [1.82, 2.24) is 0 Å². The molecule has 1 unspecified atom stereocenters. The van der Waals surface area contributed by atoms with Gasteiger partial charge in [-0.25, -0.2) is 0 Å². The van der Waals surface area contributed by atoms with Crippen LogP contribution in [0, 0.1) is 11.3 Å². The van der Waals surface area contributed by atoms with E-state index in [4.69, 9.17) is 4.74 Å². The Morgan fingerprint density at radius 3 is 2.83 bits per heavy atom. The molecule has 1 atom stereocenters. The Labute approximate surface area is 114 Å². The van der Waals surface area contributed by atoms with E-state index in [1.807, 2.05) is 18.2 Å². The zero-order valence-corrected chi connectivity index (χ0v) is 11.5. The number of halogens is 1. The van der Waals surface area contributed by atoms with Crippen molar-refractivity contribution < 1.29 is 9.53 Å². The molecule has 0 aromatic heterocycles. The summed E-state index contributed by atoms with van der Waals surface area (Å²) in [6, 6.07) is 7.88. The zero-order valence-electron chi connectivity index (χ0n) is 9.94. The first kappa shape index (κ1) is 12.8. The van der Waals surface area contributed by atoms with E-state index in [1.54, 1.807) is 13.2 Å². The van der Waals surface area contributed by atoms with Crippen LogP contribution in [0.1, 0.15) is 18.4 Å². The van der Waals surface area contributed by atoms with Crippen molar-refractivity contribution in [3.63, 3.8) is 0 Å². The molecule has 1 aliphatic carbocycles. The highest BCUT2D eigenvalue weighted by molar-refractivity contribution is 9.10. The molecule has 0 spiro atoms. The first-order valence-corrected chi connectivity index (χ1v) is 6.38. The molecule has 0 bridgehead atoms. The van der Waals surface area contributed by atoms with Gasteiger partial charge in [-0.05, 0) is 30.7 Å². The van der Waals surface area contributed by atoms with Gasteiger partial charge in [-0.1, -0.05) is 22.0 Å². The number of carbonyl (C=O) groups excluding carboxylic acids is 1. The van der Waals surface area contributed by atoms with Gasteiger partial charge in [0, 0.05) is 16.5 Å². The van der Waals surface area contributed by atoms with Crippen LogP contribution in [0.5, 0.6) is 5.75 Å². The van der Waals surface area contributed by atoms with Crippen molar-refractivity contribution in [3.8, 4) is 11.8 Å². The predicted molar refractivity (Wildman–Crippen MR) is 71.4 cm³/mol. The topological polar surface area (TPSA) is 50.1 Å². The number of ether oxygens (including phenoxy) is 1. The Morgan fingerprint density at radius 2 is 2.28 bits per heavy atom. The standard InChI is InChI=1S/C14H12BrNO2/c1-18-13-3-2-10(15)8-12(13)14(9-16)6-4-11(17)5-7-14/h2-4,6,8H,5,7H2,1H3. The van der Waals surface area contributed by atoms with E-state index in [1.165, 1.54) is 6.08 Å². The zero-order chi connectivity index (χ0) is 13.2. The van der Waals surface area contributed by atoms with Crippen LogP contribution in [0.4, 0.5) is 0 Å². The molecule has 0 N–H and O–H groups in total. The number of allylic oxidation sites excluding steroid dienone is 2. The molecule has 1 aliphatic rings. The van der Waals surface area contributed by atoms with Gasteiger partial charge < -0.3 is 4.74 Å². The molecule has 0 heterocycles. The maximum atomic E-state index is 11.3. The number of nitrogens with zero attached hydrogens (tertiary/aromatic N) is 1. The number of hydrogen-bond donors (Lipinski definition) is 0. The molecule has 3 nitrogen and oxygen atoms in total. The smallest absolute Gasteiger partial charge is 0.155 e. The Morgan fingerprint density at radius 1 is 1.50 bits per heavy atom. The molecule has 0 radical (unpaired) electrons. The van der Waals surface area contributed by atoms with Gasteiger partial charge in [0.1, 0.15) is 11.2 Å². The Bertz CT molecular complexity index is 559. The van der Waals surface area contributed by atoms with Crippen LogP contribution in [0.15, 0.2) is 34.8 Å². The monoisotopic (exact) mass is 305 g/mol. The molecule has 92 valence electrons. The number of methoxy groups -OCH3 is 1. The minimum atomic E-state index is -0.775. The molecule has 0 aliphatic heterocycles. The summed E-state index contributed by atoms with van der Waals surface area (Å²) in [5, 5.41) is 9.51.